The first-order valence-corrected chi connectivity index (χ1v) is 10.3. The van der Waals surface area contributed by atoms with Crippen LogP contribution in [0.15, 0.2) is 30.3 Å². The summed E-state index contributed by atoms with van der Waals surface area (Å²) in [6.45, 7) is 4.34. The largest absolute Gasteiger partial charge is 0.335 e. The molecule has 1 saturated heterocycles. The number of hydrogen-bond acceptors (Lipinski definition) is 3. The molecular formula is C21H23FN2O2S. The van der Waals surface area contributed by atoms with Crippen molar-refractivity contribution >= 4 is 23.2 Å². The molecule has 2 heterocycles. The third-order valence-corrected chi connectivity index (χ3v) is 6.71. The summed E-state index contributed by atoms with van der Waals surface area (Å²) in [5.74, 6) is 0.310. The van der Waals surface area contributed by atoms with Crippen LogP contribution in [0.4, 0.5) is 4.39 Å². The van der Waals surface area contributed by atoms with E-state index in [1.54, 1.807) is 16.2 Å². The average Bonchev–Trinajstić information content (AvgIpc) is 3.11. The van der Waals surface area contributed by atoms with Crippen molar-refractivity contribution < 1.29 is 14.0 Å². The fraction of sp³-hybridized carbons (Fsp3) is 0.429. The number of fused-ring (bicyclic) bond motifs is 1. The van der Waals surface area contributed by atoms with E-state index in [9.17, 15) is 14.0 Å². The molecule has 2 amide bonds. The van der Waals surface area contributed by atoms with E-state index < -0.39 is 0 Å². The molecule has 0 radical (unpaired) electrons. The standard InChI is InChI=1S/C21H23FN2O2S/c1-14-2-7-18-16(12-14)13-19(27-18)21(26)24-10-8-23(9-11-24)20(25)15-3-5-17(22)6-4-15/h3-6,13-14H,2,7-12H2,1H3. The zero-order valence-electron chi connectivity index (χ0n) is 15.4. The minimum Gasteiger partial charge on any atom is -0.335 e. The maximum absolute atomic E-state index is 13.0. The van der Waals surface area contributed by atoms with E-state index in [-0.39, 0.29) is 17.6 Å². The Labute approximate surface area is 162 Å². The molecule has 0 saturated carbocycles. The smallest absolute Gasteiger partial charge is 0.264 e. The zero-order valence-corrected chi connectivity index (χ0v) is 16.2. The van der Waals surface area contributed by atoms with Crippen molar-refractivity contribution in [2.75, 3.05) is 26.2 Å². The van der Waals surface area contributed by atoms with Crippen LogP contribution in [0.1, 0.15) is 43.8 Å². The van der Waals surface area contributed by atoms with Crippen LogP contribution >= 0.6 is 11.3 Å². The topological polar surface area (TPSA) is 40.6 Å². The van der Waals surface area contributed by atoms with Gasteiger partial charge in [0.1, 0.15) is 5.82 Å². The summed E-state index contributed by atoms with van der Waals surface area (Å²) in [4.78, 5) is 31.2. The molecular weight excluding hydrogens is 363 g/mol. The van der Waals surface area contributed by atoms with Gasteiger partial charge in [0.2, 0.25) is 0 Å². The molecule has 1 atom stereocenters. The summed E-state index contributed by atoms with van der Waals surface area (Å²) in [5, 5.41) is 0. The van der Waals surface area contributed by atoms with Crippen LogP contribution in [-0.4, -0.2) is 47.8 Å². The Kier molecular flexibility index (Phi) is 5.00. The van der Waals surface area contributed by atoms with Crippen molar-refractivity contribution in [2.45, 2.75) is 26.2 Å². The van der Waals surface area contributed by atoms with Gasteiger partial charge in [0, 0.05) is 36.6 Å². The molecule has 4 rings (SSSR count). The molecule has 1 aromatic heterocycles. The maximum atomic E-state index is 13.0. The number of benzene rings is 1. The van der Waals surface area contributed by atoms with Crippen molar-refractivity contribution in [2.24, 2.45) is 5.92 Å². The van der Waals surface area contributed by atoms with Crippen LogP contribution in [0.2, 0.25) is 0 Å². The maximum Gasteiger partial charge on any atom is 0.264 e. The van der Waals surface area contributed by atoms with Gasteiger partial charge in [-0.3, -0.25) is 9.59 Å². The SMILES string of the molecule is CC1CCc2sc(C(=O)N3CCN(C(=O)c4ccc(F)cc4)CC3)cc2C1. The zero-order chi connectivity index (χ0) is 19.0. The average molecular weight is 386 g/mol. The lowest BCUT2D eigenvalue weighted by Gasteiger charge is -2.34. The highest BCUT2D eigenvalue weighted by atomic mass is 32.1. The number of hydrogen-bond donors (Lipinski definition) is 0. The molecule has 4 nitrogen and oxygen atoms in total. The molecule has 27 heavy (non-hydrogen) atoms. The predicted molar refractivity (Wildman–Crippen MR) is 104 cm³/mol. The summed E-state index contributed by atoms with van der Waals surface area (Å²) in [5.41, 5.74) is 1.82. The van der Waals surface area contributed by atoms with E-state index in [2.05, 4.69) is 13.0 Å². The molecule has 0 spiro atoms. The molecule has 0 N–H and O–H groups in total. The quantitative estimate of drug-likeness (QED) is 0.791. The Balaban J connectivity index is 1.38. The minimum absolute atomic E-state index is 0.0796. The van der Waals surface area contributed by atoms with Gasteiger partial charge in [-0.05, 0) is 61.1 Å². The van der Waals surface area contributed by atoms with Crippen molar-refractivity contribution in [1.82, 2.24) is 9.80 Å². The van der Waals surface area contributed by atoms with Crippen molar-refractivity contribution in [3.8, 4) is 0 Å². The Morgan fingerprint density at radius 1 is 1.04 bits per heavy atom. The van der Waals surface area contributed by atoms with E-state index in [0.717, 1.165) is 17.7 Å². The van der Waals surface area contributed by atoms with Crippen molar-refractivity contribution in [3.05, 3.63) is 57.0 Å². The Hall–Kier alpha value is -2.21. The molecule has 1 fully saturated rings. The molecule has 6 heteroatoms. The molecule has 1 aromatic carbocycles. The molecule has 2 aromatic rings. The summed E-state index contributed by atoms with van der Waals surface area (Å²) in [6.07, 6.45) is 3.35. The molecule has 142 valence electrons. The second-order valence-corrected chi connectivity index (χ2v) is 8.64. The fourth-order valence-corrected chi connectivity index (χ4v) is 5.03. The highest BCUT2D eigenvalue weighted by Gasteiger charge is 2.28. The number of nitrogens with zero attached hydrogens (tertiary/aromatic N) is 2. The number of aryl methyl sites for hydroxylation is 1. The summed E-state index contributed by atoms with van der Waals surface area (Å²) < 4.78 is 13.0. The number of piperazine rings is 1. The van der Waals surface area contributed by atoms with Crippen molar-refractivity contribution in [3.63, 3.8) is 0 Å². The van der Waals surface area contributed by atoms with Crippen LogP contribution in [0.5, 0.6) is 0 Å². The van der Waals surface area contributed by atoms with E-state index in [1.165, 1.54) is 41.1 Å². The van der Waals surface area contributed by atoms with Gasteiger partial charge in [0.05, 0.1) is 4.88 Å². The van der Waals surface area contributed by atoms with Crippen LogP contribution in [0, 0.1) is 11.7 Å². The van der Waals surface area contributed by atoms with Crippen LogP contribution in [0.3, 0.4) is 0 Å². The van der Waals surface area contributed by atoms with Gasteiger partial charge in [-0.15, -0.1) is 11.3 Å². The van der Waals surface area contributed by atoms with Crippen molar-refractivity contribution in [1.29, 1.82) is 0 Å². The third-order valence-electron chi connectivity index (χ3n) is 5.49. The number of carbonyl (C=O) groups is 2. The first-order chi connectivity index (χ1) is 13.0. The van der Waals surface area contributed by atoms with Crippen LogP contribution < -0.4 is 0 Å². The third kappa shape index (κ3) is 3.76. The highest BCUT2D eigenvalue weighted by Crippen LogP contribution is 2.32. The number of thiophene rings is 1. The number of amides is 2. The highest BCUT2D eigenvalue weighted by molar-refractivity contribution is 7.14. The van der Waals surface area contributed by atoms with Gasteiger partial charge in [0.15, 0.2) is 0 Å². The lowest BCUT2D eigenvalue weighted by molar-refractivity contribution is 0.0538. The lowest BCUT2D eigenvalue weighted by Crippen LogP contribution is -2.50. The Morgan fingerprint density at radius 2 is 1.67 bits per heavy atom. The van der Waals surface area contributed by atoms with E-state index in [4.69, 9.17) is 0 Å². The van der Waals surface area contributed by atoms with Gasteiger partial charge in [0.25, 0.3) is 11.8 Å². The normalized spacial score (nSPS) is 19.7. The van der Waals surface area contributed by atoms with Gasteiger partial charge in [-0.2, -0.15) is 0 Å². The Bertz CT molecular complexity index is 854. The van der Waals surface area contributed by atoms with Gasteiger partial charge in [-0.25, -0.2) is 4.39 Å². The summed E-state index contributed by atoms with van der Waals surface area (Å²) in [6, 6.07) is 7.69. The monoisotopic (exact) mass is 386 g/mol. The lowest BCUT2D eigenvalue weighted by atomic mass is 9.90. The van der Waals surface area contributed by atoms with Crippen LogP contribution in [-0.2, 0) is 12.8 Å². The Morgan fingerprint density at radius 3 is 2.33 bits per heavy atom. The first-order valence-electron chi connectivity index (χ1n) is 9.47. The van der Waals surface area contributed by atoms with Gasteiger partial charge >= 0.3 is 0 Å². The fourth-order valence-electron chi connectivity index (χ4n) is 3.85. The van der Waals surface area contributed by atoms with Gasteiger partial charge < -0.3 is 9.80 Å². The first kappa shape index (κ1) is 18.2. The minimum atomic E-state index is -0.352. The molecule has 1 aliphatic heterocycles. The number of carbonyl (C=O) groups excluding carboxylic acids is 2. The summed E-state index contributed by atoms with van der Waals surface area (Å²) >= 11 is 1.64. The predicted octanol–water partition coefficient (Wildman–Crippen LogP) is 3.61. The second kappa shape index (κ2) is 7.43. The number of halogens is 1. The molecule has 1 unspecified atom stereocenters. The summed E-state index contributed by atoms with van der Waals surface area (Å²) in [7, 11) is 0. The number of rotatable bonds is 2. The van der Waals surface area contributed by atoms with E-state index in [0.29, 0.717) is 37.7 Å². The molecule has 0 bridgehead atoms. The van der Waals surface area contributed by atoms with Gasteiger partial charge in [-0.1, -0.05) is 6.92 Å². The van der Waals surface area contributed by atoms with Crippen LogP contribution in [0.25, 0.3) is 0 Å². The van der Waals surface area contributed by atoms with E-state index >= 15 is 0 Å². The second-order valence-electron chi connectivity index (χ2n) is 7.50. The molecule has 1 aliphatic carbocycles. The van der Waals surface area contributed by atoms with E-state index in [1.807, 2.05) is 4.90 Å². The molecule has 2 aliphatic rings.